The zero-order valence-corrected chi connectivity index (χ0v) is 33.8. The van der Waals surface area contributed by atoms with Crippen LogP contribution in [0, 0.1) is 42.3 Å². The molecule has 3 atom stereocenters. The largest absolute Gasteiger partial charge is 0.474 e. The van der Waals surface area contributed by atoms with Crippen LogP contribution in [0.4, 0.5) is 9.39 Å². The number of anilines is 1. The van der Waals surface area contributed by atoms with E-state index in [1.54, 1.807) is 13.8 Å². The molecule has 0 amide bonds. The third-order valence-corrected chi connectivity index (χ3v) is 10.3. The van der Waals surface area contributed by atoms with Crippen LogP contribution >= 0.6 is 20.6 Å². The molecule has 3 aromatic rings. The Morgan fingerprint density at radius 2 is 2.02 bits per heavy atom. The molecule has 4 heterocycles. The molecule has 1 saturated heterocycles. The fourth-order valence-electron chi connectivity index (χ4n) is 6.27. The Labute approximate surface area is 315 Å². The van der Waals surface area contributed by atoms with E-state index < -0.39 is 5.82 Å². The molecule has 0 aliphatic carbocycles. The Morgan fingerprint density at radius 3 is 2.60 bits per heavy atom. The predicted octanol–water partition coefficient (Wildman–Crippen LogP) is 7.19. The van der Waals surface area contributed by atoms with E-state index in [0.717, 1.165) is 76.7 Å². The average Bonchev–Trinajstić information content (AvgIpc) is 3.87. The third-order valence-electron chi connectivity index (χ3n) is 8.56. The summed E-state index contributed by atoms with van der Waals surface area (Å²) < 4.78 is 27.8. The second kappa shape index (κ2) is 21.6. The number of aromatic nitrogens is 1. The van der Waals surface area contributed by atoms with Crippen molar-refractivity contribution < 1.29 is 19.0 Å². The van der Waals surface area contributed by atoms with E-state index in [4.69, 9.17) is 30.7 Å². The monoisotopic (exact) mass is 751 g/mol. The van der Waals surface area contributed by atoms with Crippen LogP contribution in [-0.2, 0) is 22.7 Å². The van der Waals surface area contributed by atoms with Gasteiger partial charge in [-0.1, -0.05) is 27.2 Å². The number of nitrogens with two attached hydrogens (primary N) is 1. The van der Waals surface area contributed by atoms with Gasteiger partial charge in [-0.2, -0.15) is 5.26 Å². The number of likely N-dealkylation sites (N-methyl/N-ethyl adjacent to an activating group) is 1. The van der Waals surface area contributed by atoms with Crippen molar-refractivity contribution in [3.8, 4) is 30.2 Å². The van der Waals surface area contributed by atoms with Crippen LogP contribution in [0.1, 0.15) is 95.0 Å². The second-order valence-corrected chi connectivity index (χ2v) is 13.7. The highest BCUT2D eigenvalue weighted by atomic mass is 32.1. The number of benzene rings is 1. The molecule has 5 rings (SSSR count). The summed E-state index contributed by atoms with van der Waals surface area (Å²) in [5.74, 6) is 0.727. The normalized spacial score (nSPS) is 16.0. The highest BCUT2D eigenvalue weighted by Crippen LogP contribution is 2.43. The number of hydrogen-bond acceptors (Lipinski definition) is 10. The van der Waals surface area contributed by atoms with Crippen LogP contribution < -0.4 is 16.4 Å². The molecule has 10 nitrogen and oxygen atoms in total. The molecule has 2 aliphatic rings. The number of likely N-dealkylation sites (tertiary alicyclic amines) is 1. The van der Waals surface area contributed by atoms with Crippen molar-refractivity contribution >= 4 is 52.5 Å². The summed E-state index contributed by atoms with van der Waals surface area (Å²) >= 11 is 1.06. The number of rotatable bonds is 10. The molecular weight excluding hydrogens is 697 g/mol. The Hall–Kier alpha value is -3.90. The maximum atomic E-state index is 14.9. The molecule has 3 unspecified atom stereocenters. The van der Waals surface area contributed by atoms with Crippen LogP contribution in [0.5, 0.6) is 0 Å². The fourth-order valence-corrected chi connectivity index (χ4v) is 7.65. The number of pyridine rings is 1. The molecule has 13 heteroatoms. The number of nitrogens with one attached hydrogen (secondary N) is 2. The van der Waals surface area contributed by atoms with Gasteiger partial charge in [0, 0.05) is 34.9 Å². The van der Waals surface area contributed by atoms with Crippen molar-refractivity contribution in [1.29, 1.82) is 10.7 Å². The summed E-state index contributed by atoms with van der Waals surface area (Å²) in [5, 5.41) is 30.7. The highest BCUT2D eigenvalue weighted by molar-refractivity contribution is 7.28. The van der Waals surface area contributed by atoms with E-state index in [1.807, 2.05) is 20.8 Å². The molecule has 2 aliphatic heterocycles. The summed E-state index contributed by atoms with van der Waals surface area (Å²) in [6, 6.07) is 2.48. The number of halogens is 1. The lowest BCUT2D eigenvalue weighted by Crippen LogP contribution is -2.38. The van der Waals surface area contributed by atoms with E-state index in [1.165, 1.54) is 6.20 Å². The summed E-state index contributed by atoms with van der Waals surface area (Å²) in [4.78, 5) is 11.8. The minimum Gasteiger partial charge on any atom is -0.474 e. The Morgan fingerprint density at radius 1 is 1.37 bits per heavy atom. The molecule has 1 fully saturated rings. The first-order chi connectivity index (χ1) is 25.0. The van der Waals surface area contributed by atoms with Crippen molar-refractivity contribution in [2.75, 3.05) is 32.5 Å². The highest BCUT2D eigenvalue weighted by Gasteiger charge is 2.32. The lowest BCUT2D eigenvalue weighted by Gasteiger charge is -2.29. The van der Waals surface area contributed by atoms with E-state index in [-0.39, 0.29) is 29.8 Å². The topological polar surface area (TPSA) is 153 Å². The predicted molar refractivity (Wildman–Crippen MR) is 218 cm³/mol. The number of aliphatic imine (C=N–C) groups is 1. The Kier molecular flexibility index (Phi) is 18.4. The molecule has 2 aromatic heterocycles. The SMILES string of the molecule is C#C.CC.CCC/C=C(/NC(=NCC(C)=N)c1c(C)c(P)c(-c2ncc(F)c3sc(N)c(C#N)c23)c2c1COC2)OC(C)C1CCCN1C.CCO. The number of nitriles is 1. The lowest BCUT2D eigenvalue weighted by molar-refractivity contribution is 0.0569. The number of nitrogens with zero attached hydrogens (tertiary/aromatic N) is 4. The summed E-state index contributed by atoms with van der Waals surface area (Å²) in [7, 11) is 4.97. The maximum Gasteiger partial charge on any atom is 0.188 e. The first-order valence-electron chi connectivity index (χ1n) is 17.6. The van der Waals surface area contributed by atoms with Crippen molar-refractivity contribution in [1.82, 2.24) is 15.2 Å². The fraction of sp³-hybridized carbons (Fsp3) is 0.487. The Bertz CT molecular complexity index is 1820. The summed E-state index contributed by atoms with van der Waals surface area (Å²) in [6.07, 6.45) is 15.3. The van der Waals surface area contributed by atoms with E-state index in [9.17, 15) is 9.65 Å². The van der Waals surface area contributed by atoms with Gasteiger partial charge in [-0.15, -0.1) is 33.4 Å². The van der Waals surface area contributed by atoms with Crippen LogP contribution in [0.25, 0.3) is 21.3 Å². The molecule has 5 N–H and O–H groups in total. The zero-order chi connectivity index (χ0) is 39.1. The van der Waals surface area contributed by atoms with Gasteiger partial charge >= 0.3 is 0 Å². The van der Waals surface area contributed by atoms with Gasteiger partial charge in [-0.05, 0) is 88.6 Å². The van der Waals surface area contributed by atoms with Gasteiger partial charge in [0.25, 0.3) is 0 Å². The molecule has 1 aromatic carbocycles. The molecule has 0 saturated carbocycles. The molecule has 0 radical (unpaired) electrons. The Balaban J connectivity index is 0.00000125. The van der Waals surface area contributed by atoms with Crippen molar-refractivity contribution in [2.24, 2.45) is 4.99 Å². The second-order valence-electron chi connectivity index (χ2n) is 12.1. The smallest absolute Gasteiger partial charge is 0.188 e. The maximum absolute atomic E-state index is 14.9. The van der Waals surface area contributed by atoms with E-state index in [2.05, 4.69) is 70.3 Å². The minimum atomic E-state index is -0.511. The number of allylic oxidation sites excluding steroid dienone is 1. The van der Waals surface area contributed by atoms with Gasteiger partial charge in [-0.25, -0.2) is 4.39 Å². The number of aliphatic hydroxyl groups is 1. The number of amidine groups is 1. The van der Waals surface area contributed by atoms with E-state index >= 15 is 0 Å². The molecule has 282 valence electrons. The number of hydrogen-bond donors (Lipinski definition) is 4. The number of ether oxygens (including phenoxy) is 2. The van der Waals surface area contributed by atoms with Crippen molar-refractivity contribution in [3.05, 3.63) is 51.8 Å². The van der Waals surface area contributed by atoms with Crippen LogP contribution in [-0.4, -0.2) is 65.4 Å². The van der Waals surface area contributed by atoms with Gasteiger partial charge in [0.15, 0.2) is 11.7 Å². The van der Waals surface area contributed by atoms with Gasteiger partial charge in [0.1, 0.15) is 23.0 Å². The van der Waals surface area contributed by atoms with Gasteiger partial charge < -0.3 is 31.0 Å². The standard InChI is InChI=1S/C33H41FN7O2PS.C2H6O.C2H6.C2H2/c1-6-7-10-25(43-19(4)24-9-8-11-41(24)5)40-33(39-13-17(2)36)26-18(3)30(44)27(22-16-42-15-21(22)26)29-28-20(12-35)32(37)45-31(28)23(34)14-38-29;1-2-3;2*1-2/h10,14,19,24,36H,6-9,11,13,15-16,37,44H2,1-5H3,(H,39,40);3H,2H2,1H3;1-2H3;1-2H/b25-10-,36-17?;;;. The summed E-state index contributed by atoms with van der Waals surface area (Å²) in [5.41, 5.74) is 11.7. The number of aliphatic hydroxyl groups excluding tert-OH is 1. The van der Waals surface area contributed by atoms with E-state index in [0.29, 0.717) is 52.5 Å². The first-order valence-corrected chi connectivity index (χ1v) is 19.0. The molecule has 0 spiro atoms. The first kappa shape index (κ1) is 44.3. The van der Waals surface area contributed by atoms with Crippen LogP contribution in [0.3, 0.4) is 0 Å². The number of fused-ring (bicyclic) bond motifs is 2. The summed E-state index contributed by atoms with van der Waals surface area (Å²) in [6.45, 7) is 15.8. The van der Waals surface area contributed by atoms with Gasteiger partial charge in [0.2, 0.25) is 0 Å². The quantitative estimate of drug-likeness (QED) is 0.0559. The molecule has 0 bridgehead atoms. The minimum absolute atomic E-state index is 0.0343. The number of unbranched alkanes of at least 4 members (excludes halogenated alkanes) is 1. The van der Waals surface area contributed by atoms with Crippen molar-refractivity contribution in [3.63, 3.8) is 0 Å². The van der Waals surface area contributed by atoms with Crippen molar-refractivity contribution in [2.45, 2.75) is 99.5 Å². The number of terminal acetylenes is 1. The zero-order valence-electron chi connectivity index (χ0n) is 31.8. The molecular formula is C39H55FN7O3PS. The third kappa shape index (κ3) is 10.2. The van der Waals surface area contributed by atoms with Crippen LogP contribution in [0.15, 0.2) is 23.1 Å². The number of thiophene rings is 1. The number of nitrogen functional groups attached to an aromatic ring is 1. The lowest BCUT2D eigenvalue weighted by atomic mass is 9.89. The average molecular weight is 752 g/mol. The molecule has 52 heavy (non-hydrogen) atoms. The van der Waals surface area contributed by atoms with Gasteiger partial charge in [0.05, 0.1) is 41.9 Å². The van der Waals surface area contributed by atoms with Gasteiger partial charge in [-0.3, -0.25) is 14.9 Å². The van der Waals surface area contributed by atoms with Crippen LogP contribution in [0.2, 0.25) is 0 Å².